The monoisotopic (exact) mass is 573 g/mol. The quantitative estimate of drug-likeness (QED) is 0.248. The fourth-order valence-corrected chi connectivity index (χ4v) is 3.58. The molecule has 2 rings (SSSR count). The van der Waals surface area contributed by atoms with E-state index in [0.29, 0.717) is 12.2 Å². The fraction of sp³-hybridized carbons (Fsp3) is 0.522. The number of carbonyl (C=O) groups excluding carboxylic acids is 1. The van der Waals surface area contributed by atoms with E-state index in [4.69, 9.17) is 9.72 Å². The van der Waals surface area contributed by atoms with Crippen LogP contribution < -0.4 is 16.0 Å². The average molecular weight is 574 g/mol. The molecule has 0 aliphatic rings. The number of thiazole rings is 1. The molecule has 0 aliphatic carbocycles. The number of rotatable bonds is 6. The maximum Gasteiger partial charge on any atom is 0.412 e. The predicted molar refractivity (Wildman–Crippen MR) is 144 cm³/mol. The summed E-state index contributed by atoms with van der Waals surface area (Å²) in [7, 11) is 1.76. The van der Waals surface area contributed by atoms with Gasteiger partial charge < -0.3 is 15.4 Å². The summed E-state index contributed by atoms with van der Waals surface area (Å²) >= 11 is 1.66. The first-order valence-electron chi connectivity index (χ1n) is 10.4. The molecule has 2 aromatic rings. The van der Waals surface area contributed by atoms with Crippen LogP contribution >= 0.6 is 35.3 Å². The third-order valence-electron chi connectivity index (χ3n) is 4.26. The zero-order valence-electron chi connectivity index (χ0n) is 20.0. The first-order valence-corrected chi connectivity index (χ1v) is 11.3. The normalized spacial score (nSPS) is 12.0. The van der Waals surface area contributed by atoms with E-state index in [9.17, 15) is 4.79 Å². The Morgan fingerprint density at radius 3 is 2.28 bits per heavy atom. The number of benzene rings is 1. The van der Waals surface area contributed by atoms with E-state index >= 15 is 0 Å². The summed E-state index contributed by atoms with van der Waals surface area (Å²) in [6.45, 7) is 13.4. The molecule has 0 unspecified atom stereocenters. The number of nitrogens with one attached hydrogen (secondary N) is 3. The van der Waals surface area contributed by atoms with Crippen LogP contribution in [0, 0.1) is 0 Å². The Hall–Kier alpha value is -1.88. The first kappa shape index (κ1) is 28.2. The Kier molecular flexibility index (Phi) is 10.9. The highest BCUT2D eigenvalue weighted by Gasteiger charge is 2.17. The van der Waals surface area contributed by atoms with Gasteiger partial charge in [-0.2, -0.15) is 0 Å². The van der Waals surface area contributed by atoms with Crippen molar-refractivity contribution in [2.24, 2.45) is 4.99 Å². The van der Waals surface area contributed by atoms with Gasteiger partial charge in [0, 0.05) is 30.1 Å². The van der Waals surface area contributed by atoms with Gasteiger partial charge in [-0.1, -0.05) is 32.9 Å². The van der Waals surface area contributed by atoms with Crippen molar-refractivity contribution in [1.29, 1.82) is 0 Å². The number of aromatic nitrogens is 1. The molecule has 7 nitrogen and oxygen atoms in total. The number of halogens is 1. The number of anilines is 1. The highest BCUT2D eigenvalue weighted by atomic mass is 127. The average Bonchev–Trinajstić information content (AvgIpc) is 3.14. The van der Waals surface area contributed by atoms with Gasteiger partial charge in [-0.3, -0.25) is 10.3 Å². The number of ether oxygens (including phenoxy) is 1. The van der Waals surface area contributed by atoms with Crippen molar-refractivity contribution >= 4 is 53.1 Å². The highest BCUT2D eigenvalue weighted by Crippen LogP contribution is 2.23. The topological polar surface area (TPSA) is 87.6 Å². The van der Waals surface area contributed by atoms with Gasteiger partial charge in [0.25, 0.3) is 0 Å². The minimum atomic E-state index is -0.517. The first-order chi connectivity index (χ1) is 14.5. The second-order valence-corrected chi connectivity index (χ2v) is 10.2. The van der Waals surface area contributed by atoms with Crippen molar-refractivity contribution in [3.63, 3.8) is 0 Å². The van der Waals surface area contributed by atoms with Gasteiger partial charge in [-0.25, -0.2) is 9.78 Å². The third-order valence-corrected chi connectivity index (χ3v) is 5.10. The molecule has 0 saturated carbocycles. The molecule has 1 aromatic heterocycles. The van der Waals surface area contributed by atoms with Gasteiger partial charge in [0.15, 0.2) is 5.96 Å². The molecule has 3 N–H and O–H groups in total. The number of carbonyl (C=O) groups is 1. The standard InChI is InChI=1S/C23H35N5O2S.HI/c1-22(2,3)18-15-31-19(28-18)14-26-20(24-7)25-13-12-16-8-10-17(11-9-16)27-21(29)30-23(4,5)6;/h8-11,15H,12-14H2,1-7H3,(H,27,29)(H2,24,25,26);1H. The van der Waals surface area contributed by atoms with Gasteiger partial charge in [0.2, 0.25) is 0 Å². The summed E-state index contributed by atoms with van der Waals surface area (Å²) in [5.74, 6) is 0.746. The van der Waals surface area contributed by atoms with Gasteiger partial charge in [-0.15, -0.1) is 35.3 Å². The van der Waals surface area contributed by atoms with Crippen molar-refractivity contribution in [3.8, 4) is 0 Å². The van der Waals surface area contributed by atoms with Crippen molar-refractivity contribution in [1.82, 2.24) is 15.6 Å². The number of guanidine groups is 1. The summed E-state index contributed by atoms with van der Waals surface area (Å²) in [5.41, 5.74) is 2.53. The van der Waals surface area contributed by atoms with Crippen molar-refractivity contribution < 1.29 is 9.53 Å². The zero-order chi connectivity index (χ0) is 23.1. The molecule has 0 fully saturated rings. The molecule has 0 atom stereocenters. The van der Waals surface area contributed by atoms with Crippen LogP contribution in [0.4, 0.5) is 10.5 Å². The van der Waals surface area contributed by atoms with Crippen LogP contribution in [0.15, 0.2) is 34.6 Å². The number of hydrogen-bond donors (Lipinski definition) is 3. The Morgan fingerprint density at radius 2 is 1.75 bits per heavy atom. The van der Waals surface area contributed by atoms with Crippen LogP contribution in [-0.2, 0) is 23.1 Å². The van der Waals surface area contributed by atoms with Crippen LogP contribution in [0.5, 0.6) is 0 Å². The second-order valence-electron chi connectivity index (χ2n) is 9.30. The van der Waals surface area contributed by atoms with E-state index in [-0.39, 0.29) is 29.4 Å². The van der Waals surface area contributed by atoms with Crippen LogP contribution in [0.25, 0.3) is 0 Å². The van der Waals surface area contributed by atoms with Gasteiger partial charge >= 0.3 is 6.09 Å². The van der Waals surface area contributed by atoms with E-state index in [1.54, 1.807) is 18.4 Å². The highest BCUT2D eigenvalue weighted by molar-refractivity contribution is 14.0. The number of hydrogen-bond acceptors (Lipinski definition) is 5. The zero-order valence-corrected chi connectivity index (χ0v) is 23.2. The van der Waals surface area contributed by atoms with Crippen LogP contribution in [-0.4, -0.2) is 36.2 Å². The molecule has 1 heterocycles. The second kappa shape index (κ2) is 12.4. The molecular formula is C23H36IN5O2S. The van der Waals surface area contributed by atoms with Gasteiger partial charge in [0.1, 0.15) is 10.6 Å². The molecule has 178 valence electrons. The summed E-state index contributed by atoms with van der Waals surface area (Å²) in [5, 5.41) is 12.5. The summed E-state index contributed by atoms with van der Waals surface area (Å²) in [6.07, 6.45) is 0.380. The van der Waals surface area contributed by atoms with Crippen molar-refractivity contribution in [2.45, 2.75) is 65.5 Å². The van der Waals surface area contributed by atoms with Crippen LogP contribution in [0.3, 0.4) is 0 Å². The molecular weight excluding hydrogens is 537 g/mol. The number of amides is 1. The number of aliphatic imine (C=N–C) groups is 1. The molecule has 0 bridgehead atoms. The lowest BCUT2D eigenvalue weighted by Crippen LogP contribution is -2.37. The Bertz CT molecular complexity index is 883. The molecule has 0 aliphatic heterocycles. The van der Waals surface area contributed by atoms with Gasteiger partial charge in [0.05, 0.1) is 12.2 Å². The van der Waals surface area contributed by atoms with E-state index in [1.807, 2.05) is 45.0 Å². The predicted octanol–water partition coefficient (Wildman–Crippen LogP) is 5.31. The molecule has 1 aromatic carbocycles. The smallest absolute Gasteiger partial charge is 0.412 e. The Balaban J connectivity index is 0.00000512. The van der Waals surface area contributed by atoms with Crippen molar-refractivity contribution in [3.05, 3.63) is 45.9 Å². The minimum absolute atomic E-state index is 0. The summed E-state index contributed by atoms with van der Waals surface area (Å²) < 4.78 is 5.26. The molecule has 0 saturated heterocycles. The van der Waals surface area contributed by atoms with Crippen LogP contribution in [0.2, 0.25) is 0 Å². The third kappa shape index (κ3) is 10.2. The largest absolute Gasteiger partial charge is 0.444 e. The molecule has 0 radical (unpaired) electrons. The fourth-order valence-electron chi connectivity index (χ4n) is 2.62. The van der Waals surface area contributed by atoms with Crippen molar-refractivity contribution in [2.75, 3.05) is 18.9 Å². The molecule has 1 amide bonds. The lowest BCUT2D eigenvalue weighted by molar-refractivity contribution is 0.0636. The van der Waals surface area contributed by atoms with E-state index in [0.717, 1.165) is 35.2 Å². The maximum atomic E-state index is 11.8. The maximum absolute atomic E-state index is 11.8. The SMILES string of the molecule is CN=C(NCCc1ccc(NC(=O)OC(C)(C)C)cc1)NCc1nc(C(C)(C)C)cs1.I. The summed E-state index contributed by atoms with van der Waals surface area (Å²) in [4.78, 5) is 20.8. The summed E-state index contributed by atoms with van der Waals surface area (Å²) in [6, 6.07) is 7.74. The molecule has 32 heavy (non-hydrogen) atoms. The lowest BCUT2D eigenvalue weighted by atomic mass is 9.93. The molecule has 0 spiro atoms. The van der Waals surface area contributed by atoms with E-state index < -0.39 is 11.7 Å². The van der Waals surface area contributed by atoms with Gasteiger partial charge in [-0.05, 0) is 44.9 Å². The van der Waals surface area contributed by atoms with Crippen LogP contribution in [0.1, 0.15) is 57.8 Å². The Morgan fingerprint density at radius 1 is 1.09 bits per heavy atom. The van der Waals surface area contributed by atoms with E-state index in [2.05, 4.69) is 47.1 Å². The Labute approximate surface area is 212 Å². The molecule has 9 heteroatoms. The minimum Gasteiger partial charge on any atom is -0.444 e. The van der Waals surface area contributed by atoms with E-state index in [1.165, 1.54) is 0 Å². The lowest BCUT2D eigenvalue weighted by Gasteiger charge is -2.19. The number of nitrogens with zero attached hydrogens (tertiary/aromatic N) is 2.